The summed E-state index contributed by atoms with van der Waals surface area (Å²) in [6.07, 6.45) is 2.22. The van der Waals surface area contributed by atoms with Crippen LogP contribution in [0.25, 0.3) is 0 Å². The summed E-state index contributed by atoms with van der Waals surface area (Å²) >= 11 is 0. The predicted octanol–water partition coefficient (Wildman–Crippen LogP) is 1.97. The number of methoxy groups -OCH3 is 1. The van der Waals surface area contributed by atoms with E-state index >= 15 is 0 Å². The number of ether oxygens (including phenoxy) is 2. The summed E-state index contributed by atoms with van der Waals surface area (Å²) in [5, 5.41) is 0. The van der Waals surface area contributed by atoms with Gasteiger partial charge in [0.1, 0.15) is 0 Å². The Morgan fingerprint density at radius 2 is 1.92 bits per heavy atom. The zero-order valence-electron chi connectivity index (χ0n) is 15.5. The first kappa shape index (κ1) is 20.6. The highest BCUT2D eigenvalue weighted by molar-refractivity contribution is 6.32. The second kappa shape index (κ2) is 9.15. The van der Waals surface area contributed by atoms with Gasteiger partial charge < -0.3 is 14.4 Å². The molecule has 0 bridgehead atoms. The van der Waals surface area contributed by atoms with Crippen molar-refractivity contribution in [2.45, 2.75) is 46.1 Å². The van der Waals surface area contributed by atoms with Gasteiger partial charge in [0.25, 0.3) is 0 Å². The Morgan fingerprint density at radius 1 is 1.24 bits per heavy atom. The fourth-order valence-electron chi connectivity index (χ4n) is 2.41. The van der Waals surface area contributed by atoms with E-state index in [2.05, 4.69) is 9.72 Å². The highest BCUT2D eigenvalue weighted by Crippen LogP contribution is 2.28. The molecule has 0 saturated carbocycles. The highest BCUT2D eigenvalue weighted by Gasteiger charge is 2.36. The number of nitrogens with zero attached hydrogens (tertiary/aromatic N) is 2. The van der Waals surface area contributed by atoms with Crippen LogP contribution in [0.1, 0.15) is 44.9 Å². The van der Waals surface area contributed by atoms with E-state index in [9.17, 15) is 14.4 Å². The van der Waals surface area contributed by atoms with Gasteiger partial charge in [0.05, 0.1) is 19.3 Å². The lowest BCUT2D eigenvalue weighted by molar-refractivity contribution is -0.163. The van der Waals surface area contributed by atoms with Crippen LogP contribution in [0.5, 0.6) is 0 Å². The molecule has 0 aromatic carbocycles. The molecule has 0 spiro atoms. The third-order valence-corrected chi connectivity index (χ3v) is 3.98. The van der Waals surface area contributed by atoms with Gasteiger partial charge in [-0.25, -0.2) is 4.79 Å². The third kappa shape index (κ3) is 5.55. The summed E-state index contributed by atoms with van der Waals surface area (Å²) in [7, 11) is 1.31. The van der Waals surface area contributed by atoms with Gasteiger partial charge in [-0.15, -0.1) is 0 Å². The highest BCUT2D eigenvalue weighted by atomic mass is 16.5. The van der Waals surface area contributed by atoms with E-state index < -0.39 is 17.4 Å². The molecule has 25 heavy (non-hydrogen) atoms. The van der Waals surface area contributed by atoms with Crippen molar-refractivity contribution in [1.82, 2.24) is 9.88 Å². The summed E-state index contributed by atoms with van der Waals surface area (Å²) < 4.78 is 9.46. The van der Waals surface area contributed by atoms with Crippen LogP contribution >= 0.6 is 0 Å². The number of pyridine rings is 1. The number of amides is 1. The monoisotopic (exact) mass is 350 g/mol. The minimum atomic E-state index is -0.909. The quantitative estimate of drug-likeness (QED) is 0.552. The van der Waals surface area contributed by atoms with Crippen molar-refractivity contribution >= 4 is 17.8 Å². The minimum absolute atomic E-state index is 0.118. The molecule has 0 unspecified atom stereocenters. The van der Waals surface area contributed by atoms with Crippen molar-refractivity contribution in [1.29, 1.82) is 0 Å². The van der Waals surface area contributed by atoms with E-state index in [0.29, 0.717) is 6.42 Å². The third-order valence-electron chi connectivity index (χ3n) is 3.98. The molecule has 1 aromatic rings. The van der Waals surface area contributed by atoms with E-state index in [4.69, 9.17) is 4.74 Å². The molecule has 1 heterocycles. The number of carbonyl (C=O) groups excluding carboxylic acids is 3. The predicted molar refractivity (Wildman–Crippen MR) is 91.6 cm³/mol. The van der Waals surface area contributed by atoms with Crippen LogP contribution in [0.4, 0.5) is 0 Å². The molecule has 0 atom stereocenters. The van der Waals surface area contributed by atoms with Crippen LogP contribution in [0.15, 0.2) is 18.3 Å². The molecule has 1 rings (SSSR count). The molecule has 0 radical (unpaired) electrons. The van der Waals surface area contributed by atoms with E-state index in [1.807, 2.05) is 32.9 Å². The summed E-state index contributed by atoms with van der Waals surface area (Å²) in [4.78, 5) is 41.5. The number of carbonyl (C=O) groups is 3. The second-order valence-corrected chi connectivity index (χ2v) is 6.10. The smallest absolute Gasteiger partial charge is 0.397 e. The van der Waals surface area contributed by atoms with Crippen molar-refractivity contribution in [3.05, 3.63) is 29.6 Å². The van der Waals surface area contributed by atoms with Crippen molar-refractivity contribution in [2.24, 2.45) is 0 Å². The van der Waals surface area contributed by atoms with E-state index in [1.54, 1.807) is 13.1 Å². The molecule has 1 amide bonds. The molecular weight excluding hydrogens is 324 g/mol. The molecule has 0 aliphatic heterocycles. The van der Waals surface area contributed by atoms with Crippen LogP contribution in [0.2, 0.25) is 0 Å². The molecule has 138 valence electrons. The zero-order chi connectivity index (χ0) is 19.0. The zero-order valence-corrected chi connectivity index (χ0v) is 15.5. The fourth-order valence-corrected chi connectivity index (χ4v) is 2.41. The van der Waals surface area contributed by atoms with E-state index in [0.717, 1.165) is 11.3 Å². The first-order valence-corrected chi connectivity index (χ1v) is 8.22. The summed E-state index contributed by atoms with van der Waals surface area (Å²) in [6.45, 7) is 7.50. The van der Waals surface area contributed by atoms with Gasteiger partial charge in [0, 0.05) is 24.9 Å². The van der Waals surface area contributed by atoms with Crippen molar-refractivity contribution < 1.29 is 23.9 Å². The van der Waals surface area contributed by atoms with Gasteiger partial charge in [-0.1, -0.05) is 6.07 Å². The number of aryl methyl sites for hydroxylation is 1. The first-order valence-electron chi connectivity index (χ1n) is 8.22. The Labute approximate surface area is 148 Å². The lowest BCUT2D eigenvalue weighted by Gasteiger charge is -2.38. The number of aromatic nitrogens is 1. The van der Waals surface area contributed by atoms with Gasteiger partial charge in [0.15, 0.2) is 0 Å². The number of rotatable bonds is 7. The lowest BCUT2D eigenvalue weighted by Crippen LogP contribution is -2.49. The standard InChI is InChI=1S/C18H26N2O5/c1-6-25-17(23)16(22)20(11-7-8-15(21)24-5)18(3,4)14-10-9-13(2)19-12-14/h9-10,12H,6-8,11H2,1-5H3. The lowest BCUT2D eigenvalue weighted by atomic mass is 9.92. The topological polar surface area (TPSA) is 85.8 Å². The van der Waals surface area contributed by atoms with Gasteiger partial charge in [-0.3, -0.25) is 14.6 Å². The molecule has 7 nitrogen and oxygen atoms in total. The van der Waals surface area contributed by atoms with E-state index in [-0.39, 0.29) is 25.5 Å². The van der Waals surface area contributed by atoms with Crippen LogP contribution in [-0.4, -0.2) is 48.0 Å². The van der Waals surface area contributed by atoms with Gasteiger partial charge in [-0.05, 0) is 45.7 Å². The maximum absolute atomic E-state index is 12.6. The molecular formula is C18H26N2O5. The number of hydrogen-bond donors (Lipinski definition) is 0. The van der Waals surface area contributed by atoms with Gasteiger partial charge in [0.2, 0.25) is 0 Å². The summed E-state index contributed by atoms with van der Waals surface area (Å²) in [5.74, 6) is -2.01. The van der Waals surface area contributed by atoms with E-state index in [1.165, 1.54) is 12.0 Å². The SMILES string of the molecule is CCOC(=O)C(=O)N(CCCC(=O)OC)C(C)(C)c1ccc(C)nc1. The van der Waals surface area contributed by atoms with Crippen molar-refractivity contribution in [3.8, 4) is 0 Å². The van der Waals surface area contributed by atoms with Crippen LogP contribution in [0.3, 0.4) is 0 Å². The second-order valence-electron chi connectivity index (χ2n) is 6.10. The Bertz CT molecular complexity index is 610. The Hall–Kier alpha value is -2.44. The fraction of sp³-hybridized carbons (Fsp3) is 0.556. The van der Waals surface area contributed by atoms with Crippen molar-refractivity contribution in [3.63, 3.8) is 0 Å². The van der Waals surface area contributed by atoms with Crippen LogP contribution in [-0.2, 0) is 29.4 Å². The normalized spacial score (nSPS) is 10.9. The summed E-state index contributed by atoms with van der Waals surface area (Å²) in [6, 6.07) is 3.71. The van der Waals surface area contributed by atoms with Crippen LogP contribution < -0.4 is 0 Å². The maximum atomic E-state index is 12.6. The largest absolute Gasteiger partial charge is 0.469 e. The molecule has 0 saturated heterocycles. The maximum Gasteiger partial charge on any atom is 0.397 e. The average molecular weight is 350 g/mol. The Morgan fingerprint density at radius 3 is 2.44 bits per heavy atom. The molecule has 1 aromatic heterocycles. The number of hydrogen-bond acceptors (Lipinski definition) is 6. The van der Waals surface area contributed by atoms with Gasteiger partial charge >= 0.3 is 17.8 Å². The Balaban J connectivity index is 3.05. The number of esters is 2. The average Bonchev–Trinajstić information content (AvgIpc) is 2.58. The first-order chi connectivity index (χ1) is 11.7. The molecule has 0 N–H and O–H groups in total. The molecule has 0 fully saturated rings. The van der Waals surface area contributed by atoms with Crippen molar-refractivity contribution in [2.75, 3.05) is 20.3 Å². The molecule has 0 aliphatic carbocycles. The van der Waals surface area contributed by atoms with Gasteiger partial charge in [-0.2, -0.15) is 0 Å². The molecule has 7 heteroatoms. The minimum Gasteiger partial charge on any atom is -0.469 e. The van der Waals surface area contributed by atoms with Crippen LogP contribution in [0, 0.1) is 6.92 Å². The Kier molecular flexibility index (Phi) is 7.54. The molecule has 0 aliphatic rings. The summed E-state index contributed by atoms with van der Waals surface area (Å²) in [5.41, 5.74) is 0.850.